The summed E-state index contributed by atoms with van der Waals surface area (Å²) in [6.45, 7) is 10.3. The Labute approximate surface area is 140 Å². The van der Waals surface area contributed by atoms with Crippen LogP contribution in [0.2, 0.25) is 0 Å². The monoisotopic (exact) mass is 321 g/mol. The van der Waals surface area contributed by atoms with Gasteiger partial charge in [-0.1, -0.05) is 26.0 Å². The third kappa shape index (κ3) is 9.08. The van der Waals surface area contributed by atoms with Crippen molar-refractivity contribution >= 4 is 5.96 Å². The summed E-state index contributed by atoms with van der Waals surface area (Å²) in [4.78, 5) is 4.60. The van der Waals surface area contributed by atoms with E-state index in [1.165, 1.54) is 0 Å². The Bertz CT molecular complexity index is 444. The zero-order valence-electron chi connectivity index (χ0n) is 14.9. The molecule has 0 aliphatic rings. The smallest absolute Gasteiger partial charge is 0.191 e. The summed E-state index contributed by atoms with van der Waals surface area (Å²) in [6.07, 6.45) is 0.972. The molecule has 0 unspecified atom stereocenters. The Morgan fingerprint density at radius 2 is 1.91 bits per heavy atom. The van der Waals surface area contributed by atoms with Crippen LogP contribution in [0.3, 0.4) is 0 Å². The number of methoxy groups -OCH3 is 1. The van der Waals surface area contributed by atoms with E-state index in [0.717, 1.165) is 50.0 Å². The summed E-state index contributed by atoms with van der Waals surface area (Å²) in [5.74, 6) is 2.29. The molecule has 2 N–H and O–H groups in total. The van der Waals surface area contributed by atoms with E-state index in [4.69, 9.17) is 9.47 Å². The predicted molar refractivity (Wildman–Crippen MR) is 96.1 cm³/mol. The minimum Gasteiger partial charge on any atom is -0.497 e. The molecule has 0 saturated heterocycles. The minimum atomic E-state index is 0.589. The van der Waals surface area contributed by atoms with Crippen molar-refractivity contribution in [3.05, 3.63) is 29.8 Å². The molecule has 0 aliphatic heterocycles. The third-order valence-corrected chi connectivity index (χ3v) is 3.13. The van der Waals surface area contributed by atoms with Gasteiger partial charge >= 0.3 is 0 Å². The van der Waals surface area contributed by atoms with Gasteiger partial charge in [-0.25, -0.2) is 4.99 Å². The largest absolute Gasteiger partial charge is 0.497 e. The molecule has 0 saturated carbocycles. The van der Waals surface area contributed by atoms with Crippen LogP contribution in [0.4, 0.5) is 0 Å². The summed E-state index contributed by atoms with van der Waals surface area (Å²) >= 11 is 0. The van der Waals surface area contributed by atoms with Crippen LogP contribution >= 0.6 is 0 Å². The van der Waals surface area contributed by atoms with E-state index >= 15 is 0 Å². The summed E-state index contributed by atoms with van der Waals surface area (Å²) in [6, 6.07) is 7.98. The van der Waals surface area contributed by atoms with E-state index in [-0.39, 0.29) is 0 Å². The second-order valence-corrected chi connectivity index (χ2v) is 5.79. The SMILES string of the molecule is CCNC(=NCc1ccc(OC)cc1)NCCCOCC(C)C. The molecule has 0 heterocycles. The summed E-state index contributed by atoms with van der Waals surface area (Å²) < 4.78 is 10.7. The first kappa shape index (κ1) is 19.3. The maximum absolute atomic E-state index is 5.58. The van der Waals surface area contributed by atoms with E-state index in [1.807, 2.05) is 24.3 Å². The van der Waals surface area contributed by atoms with Gasteiger partial charge in [0.1, 0.15) is 5.75 Å². The van der Waals surface area contributed by atoms with E-state index in [1.54, 1.807) is 7.11 Å². The zero-order valence-corrected chi connectivity index (χ0v) is 14.9. The van der Waals surface area contributed by atoms with Gasteiger partial charge in [-0.15, -0.1) is 0 Å². The quantitative estimate of drug-likeness (QED) is 0.395. The van der Waals surface area contributed by atoms with Gasteiger partial charge in [0.2, 0.25) is 0 Å². The summed E-state index contributed by atoms with van der Waals surface area (Å²) in [5.41, 5.74) is 1.16. The maximum Gasteiger partial charge on any atom is 0.191 e. The van der Waals surface area contributed by atoms with Gasteiger partial charge in [-0.05, 0) is 37.0 Å². The Morgan fingerprint density at radius 1 is 1.17 bits per heavy atom. The average Bonchev–Trinajstić information content (AvgIpc) is 2.55. The zero-order chi connectivity index (χ0) is 16.9. The van der Waals surface area contributed by atoms with Crippen molar-refractivity contribution in [2.75, 3.05) is 33.4 Å². The molecule has 5 heteroatoms. The Balaban J connectivity index is 2.34. The lowest BCUT2D eigenvalue weighted by atomic mass is 10.2. The molecule has 1 aromatic carbocycles. The number of hydrogen-bond acceptors (Lipinski definition) is 3. The second kappa shape index (κ2) is 11.8. The number of rotatable bonds is 10. The van der Waals surface area contributed by atoms with Crippen LogP contribution in [0.15, 0.2) is 29.3 Å². The standard InChI is InChI=1S/C18H31N3O2/c1-5-19-18(20-11-6-12-23-14-15(2)3)21-13-16-7-9-17(22-4)10-8-16/h7-10,15H,5-6,11-14H2,1-4H3,(H2,19,20,21). The number of hydrogen-bond donors (Lipinski definition) is 2. The topological polar surface area (TPSA) is 54.9 Å². The number of ether oxygens (including phenoxy) is 2. The van der Waals surface area contributed by atoms with Crippen molar-refractivity contribution in [1.82, 2.24) is 10.6 Å². The average molecular weight is 321 g/mol. The lowest BCUT2D eigenvalue weighted by Gasteiger charge is -2.12. The lowest BCUT2D eigenvalue weighted by Crippen LogP contribution is -2.38. The summed E-state index contributed by atoms with van der Waals surface area (Å²) in [5, 5.41) is 6.59. The first-order valence-corrected chi connectivity index (χ1v) is 8.38. The van der Waals surface area contributed by atoms with E-state index < -0.39 is 0 Å². The van der Waals surface area contributed by atoms with Gasteiger partial charge in [0.05, 0.1) is 13.7 Å². The molecule has 1 aromatic rings. The van der Waals surface area contributed by atoms with E-state index in [2.05, 4.69) is 36.4 Å². The molecule has 0 atom stereocenters. The van der Waals surface area contributed by atoms with Gasteiger partial charge < -0.3 is 20.1 Å². The molecule has 0 bridgehead atoms. The number of aliphatic imine (C=N–C) groups is 1. The van der Waals surface area contributed by atoms with Crippen LogP contribution in [0.25, 0.3) is 0 Å². The number of benzene rings is 1. The van der Waals surface area contributed by atoms with Crippen LogP contribution in [0.5, 0.6) is 5.75 Å². The second-order valence-electron chi connectivity index (χ2n) is 5.79. The molecule has 0 amide bonds. The van der Waals surface area contributed by atoms with Gasteiger partial charge in [-0.3, -0.25) is 0 Å². The van der Waals surface area contributed by atoms with Crippen LogP contribution in [0.1, 0.15) is 32.8 Å². The highest BCUT2D eigenvalue weighted by atomic mass is 16.5. The molecular formula is C18H31N3O2. The van der Waals surface area contributed by atoms with Crippen molar-refractivity contribution in [2.24, 2.45) is 10.9 Å². The highest BCUT2D eigenvalue weighted by Gasteiger charge is 1.99. The normalized spacial score (nSPS) is 11.6. The number of nitrogens with one attached hydrogen (secondary N) is 2. The van der Waals surface area contributed by atoms with Crippen LogP contribution in [0, 0.1) is 5.92 Å². The molecule has 5 nitrogen and oxygen atoms in total. The molecular weight excluding hydrogens is 290 g/mol. The fourth-order valence-electron chi connectivity index (χ4n) is 1.94. The van der Waals surface area contributed by atoms with Crippen LogP contribution in [-0.2, 0) is 11.3 Å². The van der Waals surface area contributed by atoms with Gasteiger partial charge in [0.15, 0.2) is 5.96 Å². The molecule has 0 radical (unpaired) electrons. The fraction of sp³-hybridized carbons (Fsp3) is 0.611. The maximum atomic E-state index is 5.58. The van der Waals surface area contributed by atoms with Gasteiger partial charge in [-0.2, -0.15) is 0 Å². The van der Waals surface area contributed by atoms with E-state index in [9.17, 15) is 0 Å². The first-order chi connectivity index (χ1) is 11.2. The van der Waals surface area contributed by atoms with Crippen molar-refractivity contribution in [3.63, 3.8) is 0 Å². The third-order valence-electron chi connectivity index (χ3n) is 3.13. The minimum absolute atomic E-state index is 0.589. The van der Waals surface area contributed by atoms with Crippen molar-refractivity contribution in [2.45, 2.75) is 33.7 Å². The van der Waals surface area contributed by atoms with Crippen molar-refractivity contribution in [1.29, 1.82) is 0 Å². The molecule has 0 aromatic heterocycles. The molecule has 130 valence electrons. The first-order valence-electron chi connectivity index (χ1n) is 8.38. The van der Waals surface area contributed by atoms with E-state index in [0.29, 0.717) is 12.5 Å². The van der Waals surface area contributed by atoms with Crippen LogP contribution < -0.4 is 15.4 Å². The van der Waals surface area contributed by atoms with Gasteiger partial charge in [0.25, 0.3) is 0 Å². The number of nitrogens with zero attached hydrogens (tertiary/aromatic N) is 1. The molecule has 1 rings (SSSR count). The molecule has 0 aliphatic carbocycles. The van der Waals surface area contributed by atoms with Crippen molar-refractivity contribution < 1.29 is 9.47 Å². The van der Waals surface area contributed by atoms with Crippen LogP contribution in [-0.4, -0.2) is 39.4 Å². The highest BCUT2D eigenvalue weighted by molar-refractivity contribution is 5.79. The Kier molecular flexibility index (Phi) is 9.87. The lowest BCUT2D eigenvalue weighted by molar-refractivity contribution is 0.108. The predicted octanol–water partition coefficient (Wildman–Crippen LogP) is 2.81. The molecule has 23 heavy (non-hydrogen) atoms. The molecule has 0 fully saturated rings. The Morgan fingerprint density at radius 3 is 2.52 bits per heavy atom. The van der Waals surface area contributed by atoms with Gasteiger partial charge in [0, 0.05) is 26.3 Å². The molecule has 0 spiro atoms. The van der Waals surface area contributed by atoms with Crippen molar-refractivity contribution in [3.8, 4) is 5.75 Å². The Hall–Kier alpha value is -1.75. The highest BCUT2D eigenvalue weighted by Crippen LogP contribution is 2.11. The summed E-state index contributed by atoms with van der Waals surface area (Å²) in [7, 11) is 1.67. The fourth-order valence-corrected chi connectivity index (χ4v) is 1.94. The number of guanidine groups is 1.